The van der Waals surface area contributed by atoms with E-state index in [-0.39, 0.29) is 6.29 Å². The van der Waals surface area contributed by atoms with E-state index in [1.54, 1.807) is 0 Å². The number of hydrogen-bond acceptors (Lipinski definition) is 6. The number of carbonyl (C=O) groups is 1. The first-order valence-electron chi connectivity index (χ1n) is 3.83. The van der Waals surface area contributed by atoms with E-state index in [0.717, 1.165) is 0 Å². The number of carbonyl (C=O) groups excluding carboxylic acids is 1. The summed E-state index contributed by atoms with van der Waals surface area (Å²) in [6.45, 7) is 0. The maximum atomic E-state index is 11.9. The standard InChI is InChI=1S/C7H3F3N2O5/c8-7(9,10)17-6-4(12(15)16)1-11-3(2-13)5(6)14/h1-2,14H. The first-order valence-corrected chi connectivity index (χ1v) is 3.83. The number of aldehydes is 1. The molecule has 92 valence electrons. The summed E-state index contributed by atoms with van der Waals surface area (Å²) >= 11 is 0. The zero-order chi connectivity index (χ0) is 13.2. The number of pyridine rings is 1. The number of rotatable bonds is 3. The summed E-state index contributed by atoms with van der Waals surface area (Å²) in [6, 6.07) is 0. The van der Waals surface area contributed by atoms with Crippen molar-refractivity contribution in [3.63, 3.8) is 0 Å². The van der Waals surface area contributed by atoms with E-state index in [4.69, 9.17) is 5.11 Å². The summed E-state index contributed by atoms with van der Waals surface area (Å²) in [4.78, 5) is 22.5. The lowest BCUT2D eigenvalue weighted by Crippen LogP contribution is -2.18. The van der Waals surface area contributed by atoms with Crippen LogP contribution >= 0.6 is 0 Å². The molecule has 1 rings (SSSR count). The van der Waals surface area contributed by atoms with Crippen molar-refractivity contribution in [2.24, 2.45) is 0 Å². The van der Waals surface area contributed by atoms with Gasteiger partial charge in [-0.3, -0.25) is 14.9 Å². The molecular weight excluding hydrogens is 249 g/mol. The SMILES string of the molecule is O=Cc1ncc([N+](=O)[O-])c(OC(F)(F)F)c1O. The number of aromatic nitrogens is 1. The Kier molecular flexibility index (Phi) is 3.16. The molecule has 0 aliphatic rings. The number of alkyl halides is 3. The van der Waals surface area contributed by atoms with Gasteiger partial charge in [0.2, 0.25) is 0 Å². The zero-order valence-corrected chi connectivity index (χ0v) is 7.76. The van der Waals surface area contributed by atoms with Crippen LogP contribution in [-0.2, 0) is 0 Å². The maximum Gasteiger partial charge on any atom is 0.573 e. The lowest BCUT2D eigenvalue weighted by molar-refractivity contribution is -0.389. The molecule has 10 heteroatoms. The second-order valence-electron chi connectivity index (χ2n) is 2.63. The lowest BCUT2D eigenvalue weighted by atomic mass is 10.3. The molecule has 0 bridgehead atoms. The van der Waals surface area contributed by atoms with Crippen molar-refractivity contribution >= 4 is 12.0 Å². The number of hydrogen-bond donors (Lipinski definition) is 1. The van der Waals surface area contributed by atoms with Gasteiger partial charge in [0.1, 0.15) is 11.9 Å². The van der Waals surface area contributed by atoms with Gasteiger partial charge in [-0.05, 0) is 0 Å². The number of ether oxygens (including phenoxy) is 1. The molecule has 1 aromatic rings. The van der Waals surface area contributed by atoms with Crippen LogP contribution in [0.3, 0.4) is 0 Å². The van der Waals surface area contributed by atoms with Gasteiger partial charge in [-0.2, -0.15) is 0 Å². The minimum absolute atomic E-state index is 0.0672. The molecule has 0 amide bonds. The predicted molar refractivity (Wildman–Crippen MR) is 44.6 cm³/mol. The molecule has 0 aliphatic carbocycles. The monoisotopic (exact) mass is 252 g/mol. The van der Waals surface area contributed by atoms with E-state index < -0.39 is 34.2 Å². The molecule has 7 nitrogen and oxygen atoms in total. The Morgan fingerprint density at radius 1 is 1.53 bits per heavy atom. The Bertz CT molecular complexity index is 473. The van der Waals surface area contributed by atoms with Crippen molar-refractivity contribution in [3.05, 3.63) is 22.0 Å². The summed E-state index contributed by atoms with van der Waals surface area (Å²) in [5.41, 5.74) is -2.00. The van der Waals surface area contributed by atoms with Gasteiger partial charge < -0.3 is 9.84 Å². The largest absolute Gasteiger partial charge is 0.573 e. The molecule has 1 aromatic heterocycles. The summed E-state index contributed by atoms with van der Waals surface area (Å²) < 4.78 is 39.1. The van der Waals surface area contributed by atoms with Crippen molar-refractivity contribution in [2.45, 2.75) is 6.36 Å². The zero-order valence-electron chi connectivity index (χ0n) is 7.76. The Hall–Kier alpha value is -2.39. The molecule has 1 heterocycles. The normalized spacial score (nSPS) is 11.0. The first kappa shape index (κ1) is 12.7. The van der Waals surface area contributed by atoms with Crippen LogP contribution in [0.2, 0.25) is 0 Å². The van der Waals surface area contributed by atoms with E-state index in [0.29, 0.717) is 6.20 Å². The summed E-state index contributed by atoms with van der Waals surface area (Å²) in [7, 11) is 0. The van der Waals surface area contributed by atoms with Gasteiger partial charge >= 0.3 is 12.0 Å². The van der Waals surface area contributed by atoms with Crippen LogP contribution in [0.25, 0.3) is 0 Å². The number of aromatic hydroxyl groups is 1. The Balaban J connectivity index is 3.40. The highest BCUT2D eigenvalue weighted by molar-refractivity contribution is 5.79. The van der Waals surface area contributed by atoms with E-state index in [1.807, 2.05) is 0 Å². The second-order valence-corrected chi connectivity index (χ2v) is 2.63. The third kappa shape index (κ3) is 2.80. The maximum absolute atomic E-state index is 11.9. The van der Waals surface area contributed by atoms with Crippen LogP contribution in [0.15, 0.2) is 6.20 Å². The molecule has 0 saturated carbocycles. The Labute approximate surface area is 90.6 Å². The number of halogens is 3. The van der Waals surface area contributed by atoms with Gasteiger partial charge in [-0.15, -0.1) is 13.2 Å². The lowest BCUT2D eigenvalue weighted by Gasteiger charge is -2.10. The average molecular weight is 252 g/mol. The fourth-order valence-electron chi connectivity index (χ4n) is 0.921. The third-order valence-electron chi connectivity index (χ3n) is 1.54. The Morgan fingerprint density at radius 3 is 2.53 bits per heavy atom. The quantitative estimate of drug-likeness (QED) is 0.495. The minimum atomic E-state index is -5.25. The first-order chi connectivity index (χ1) is 7.76. The molecule has 0 spiro atoms. The van der Waals surface area contributed by atoms with Crippen LogP contribution in [0.5, 0.6) is 11.5 Å². The molecular formula is C7H3F3N2O5. The number of nitro groups is 1. The van der Waals surface area contributed by atoms with Gasteiger partial charge in [-0.1, -0.05) is 0 Å². The average Bonchev–Trinajstić information content (AvgIpc) is 2.18. The van der Waals surface area contributed by atoms with Gasteiger partial charge in [0.15, 0.2) is 12.0 Å². The highest BCUT2D eigenvalue weighted by Crippen LogP contribution is 2.40. The van der Waals surface area contributed by atoms with Gasteiger partial charge in [-0.25, -0.2) is 4.98 Å². The van der Waals surface area contributed by atoms with Crippen molar-refractivity contribution in [1.82, 2.24) is 4.98 Å². The highest BCUT2D eigenvalue weighted by atomic mass is 19.4. The molecule has 0 unspecified atom stereocenters. The topological polar surface area (TPSA) is 103 Å². The van der Waals surface area contributed by atoms with Crippen molar-refractivity contribution in [2.75, 3.05) is 0 Å². The molecule has 0 radical (unpaired) electrons. The van der Waals surface area contributed by atoms with Crippen molar-refractivity contribution in [1.29, 1.82) is 0 Å². The second kappa shape index (κ2) is 4.23. The van der Waals surface area contributed by atoms with Crippen molar-refractivity contribution < 1.29 is 32.7 Å². The van der Waals surface area contributed by atoms with Crippen molar-refractivity contribution in [3.8, 4) is 11.5 Å². The molecule has 0 saturated heterocycles. The van der Waals surface area contributed by atoms with E-state index in [9.17, 15) is 28.1 Å². The van der Waals surface area contributed by atoms with Crippen LogP contribution in [0.4, 0.5) is 18.9 Å². The smallest absolute Gasteiger partial charge is 0.502 e. The summed E-state index contributed by atoms with van der Waals surface area (Å²) in [6.07, 6.45) is -4.93. The molecule has 0 atom stereocenters. The molecule has 17 heavy (non-hydrogen) atoms. The number of nitrogens with zero attached hydrogens (tertiary/aromatic N) is 2. The molecule has 0 aromatic carbocycles. The van der Waals surface area contributed by atoms with Crippen LogP contribution < -0.4 is 4.74 Å². The predicted octanol–water partition coefficient (Wildman–Crippen LogP) is 1.41. The van der Waals surface area contributed by atoms with Gasteiger partial charge in [0.25, 0.3) is 5.75 Å². The summed E-state index contributed by atoms with van der Waals surface area (Å²) in [5, 5.41) is 19.5. The highest BCUT2D eigenvalue weighted by Gasteiger charge is 2.37. The van der Waals surface area contributed by atoms with Gasteiger partial charge in [0, 0.05) is 0 Å². The van der Waals surface area contributed by atoms with Gasteiger partial charge in [0.05, 0.1) is 4.92 Å². The van der Waals surface area contributed by atoms with E-state index in [2.05, 4.69) is 9.72 Å². The molecule has 1 N–H and O–H groups in total. The van der Waals surface area contributed by atoms with E-state index >= 15 is 0 Å². The van der Waals surface area contributed by atoms with E-state index in [1.165, 1.54) is 0 Å². The fourth-order valence-corrected chi connectivity index (χ4v) is 0.921. The van der Waals surface area contributed by atoms with Crippen LogP contribution in [-0.4, -0.2) is 27.7 Å². The fraction of sp³-hybridized carbons (Fsp3) is 0.143. The molecule has 0 aliphatic heterocycles. The summed E-state index contributed by atoms with van der Waals surface area (Å²) in [5.74, 6) is -2.81. The Morgan fingerprint density at radius 2 is 2.12 bits per heavy atom. The minimum Gasteiger partial charge on any atom is -0.502 e. The molecule has 0 fully saturated rings. The van der Waals surface area contributed by atoms with Crippen LogP contribution in [0, 0.1) is 10.1 Å². The third-order valence-corrected chi connectivity index (χ3v) is 1.54. The van der Waals surface area contributed by atoms with Crippen LogP contribution in [0.1, 0.15) is 10.5 Å².